The molecule has 30 heavy (non-hydrogen) atoms. The van der Waals surface area contributed by atoms with E-state index in [0.717, 1.165) is 20.9 Å². The minimum absolute atomic E-state index is 0.151. The van der Waals surface area contributed by atoms with Gasteiger partial charge in [-0.25, -0.2) is 0 Å². The van der Waals surface area contributed by atoms with E-state index in [4.69, 9.17) is 0 Å². The van der Waals surface area contributed by atoms with Crippen molar-refractivity contribution in [2.75, 3.05) is 5.32 Å². The van der Waals surface area contributed by atoms with E-state index in [9.17, 15) is 9.59 Å². The molecule has 0 aliphatic rings. The summed E-state index contributed by atoms with van der Waals surface area (Å²) in [7, 11) is 0. The number of anilines is 1. The standard InChI is InChI=1S/C24H18BrN3O2/c25-19-9-6-16(7-10-19)14-22(28-23(29)18-4-2-1-3-5-18)24(30)27-20-11-8-17-12-13-26-21(17)15-20/h1-15,26H,(H,27,30)(H,28,29)/b22-14+. The summed E-state index contributed by atoms with van der Waals surface area (Å²) >= 11 is 3.40. The van der Waals surface area contributed by atoms with Crippen LogP contribution in [0.1, 0.15) is 15.9 Å². The summed E-state index contributed by atoms with van der Waals surface area (Å²) in [6, 6.07) is 23.8. The molecule has 1 heterocycles. The van der Waals surface area contributed by atoms with Gasteiger partial charge in [-0.05, 0) is 59.5 Å². The smallest absolute Gasteiger partial charge is 0.272 e. The Kier molecular flexibility index (Phi) is 5.77. The van der Waals surface area contributed by atoms with Gasteiger partial charge in [0.2, 0.25) is 0 Å². The summed E-state index contributed by atoms with van der Waals surface area (Å²) in [6.45, 7) is 0. The van der Waals surface area contributed by atoms with Crippen LogP contribution < -0.4 is 10.6 Å². The van der Waals surface area contributed by atoms with Gasteiger partial charge in [-0.15, -0.1) is 0 Å². The van der Waals surface area contributed by atoms with Crippen molar-refractivity contribution in [1.29, 1.82) is 0 Å². The van der Waals surface area contributed by atoms with E-state index in [-0.39, 0.29) is 11.6 Å². The van der Waals surface area contributed by atoms with Crippen LogP contribution in [-0.4, -0.2) is 16.8 Å². The fraction of sp³-hybridized carbons (Fsp3) is 0. The maximum Gasteiger partial charge on any atom is 0.272 e. The third-order valence-corrected chi connectivity index (χ3v) is 5.05. The molecular weight excluding hydrogens is 442 g/mol. The van der Waals surface area contributed by atoms with Crippen molar-refractivity contribution in [2.45, 2.75) is 0 Å². The molecule has 0 spiro atoms. The van der Waals surface area contributed by atoms with Crippen LogP contribution in [0.4, 0.5) is 5.69 Å². The molecule has 3 aromatic carbocycles. The van der Waals surface area contributed by atoms with E-state index < -0.39 is 5.91 Å². The average molecular weight is 460 g/mol. The van der Waals surface area contributed by atoms with Crippen LogP contribution in [0, 0.1) is 0 Å². The lowest BCUT2D eigenvalue weighted by molar-refractivity contribution is -0.113. The van der Waals surface area contributed by atoms with Gasteiger partial charge in [0.05, 0.1) is 0 Å². The van der Waals surface area contributed by atoms with Crippen molar-refractivity contribution in [3.8, 4) is 0 Å². The summed E-state index contributed by atoms with van der Waals surface area (Å²) in [4.78, 5) is 28.8. The first-order valence-electron chi connectivity index (χ1n) is 9.31. The highest BCUT2D eigenvalue weighted by atomic mass is 79.9. The van der Waals surface area contributed by atoms with Gasteiger partial charge in [-0.1, -0.05) is 52.3 Å². The lowest BCUT2D eigenvalue weighted by Gasteiger charge is -2.12. The molecule has 148 valence electrons. The number of halogens is 1. The molecule has 2 amide bonds. The van der Waals surface area contributed by atoms with Gasteiger partial charge in [0.1, 0.15) is 5.70 Å². The van der Waals surface area contributed by atoms with Crippen LogP contribution in [0.2, 0.25) is 0 Å². The van der Waals surface area contributed by atoms with E-state index >= 15 is 0 Å². The van der Waals surface area contributed by atoms with E-state index in [1.165, 1.54) is 0 Å². The van der Waals surface area contributed by atoms with Crippen molar-refractivity contribution < 1.29 is 9.59 Å². The highest BCUT2D eigenvalue weighted by Crippen LogP contribution is 2.19. The molecule has 0 bridgehead atoms. The van der Waals surface area contributed by atoms with E-state index in [2.05, 4.69) is 31.5 Å². The van der Waals surface area contributed by atoms with Crippen molar-refractivity contribution >= 4 is 50.4 Å². The van der Waals surface area contributed by atoms with Crippen LogP contribution in [-0.2, 0) is 4.79 Å². The van der Waals surface area contributed by atoms with Gasteiger partial charge in [0.25, 0.3) is 11.8 Å². The van der Waals surface area contributed by atoms with Crippen molar-refractivity contribution in [3.05, 3.63) is 106 Å². The lowest BCUT2D eigenvalue weighted by atomic mass is 10.1. The first-order valence-corrected chi connectivity index (χ1v) is 10.1. The number of hydrogen-bond donors (Lipinski definition) is 3. The van der Waals surface area contributed by atoms with Crippen molar-refractivity contribution in [1.82, 2.24) is 10.3 Å². The van der Waals surface area contributed by atoms with E-state index in [0.29, 0.717) is 11.3 Å². The Morgan fingerprint density at radius 3 is 2.43 bits per heavy atom. The number of fused-ring (bicyclic) bond motifs is 1. The second-order valence-corrected chi connectivity index (χ2v) is 7.58. The first-order chi connectivity index (χ1) is 14.6. The zero-order chi connectivity index (χ0) is 20.9. The van der Waals surface area contributed by atoms with Crippen molar-refractivity contribution in [2.24, 2.45) is 0 Å². The number of aromatic amines is 1. The summed E-state index contributed by atoms with van der Waals surface area (Å²) in [5.41, 5.74) is 2.96. The molecule has 5 nitrogen and oxygen atoms in total. The predicted octanol–water partition coefficient (Wildman–Crippen LogP) is 5.34. The van der Waals surface area contributed by atoms with Crippen LogP contribution in [0.15, 0.2) is 95.2 Å². The molecular formula is C24H18BrN3O2. The van der Waals surface area contributed by atoms with E-state index in [1.807, 2.05) is 60.8 Å². The Morgan fingerprint density at radius 2 is 1.67 bits per heavy atom. The molecule has 0 atom stereocenters. The van der Waals surface area contributed by atoms with Crippen LogP contribution in [0.5, 0.6) is 0 Å². The molecule has 0 fully saturated rings. The number of H-pyrrole nitrogens is 1. The minimum Gasteiger partial charge on any atom is -0.361 e. The second kappa shape index (κ2) is 8.80. The topological polar surface area (TPSA) is 74.0 Å². The zero-order valence-electron chi connectivity index (χ0n) is 15.9. The molecule has 4 aromatic rings. The number of amides is 2. The van der Waals surface area contributed by atoms with Crippen LogP contribution in [0.3, 0.4) is 0 Å². The SMILES string of the molecule is O=C(Nc1ccc2cc[nH]c2c1)/C(=C\c1ccc(Br)cc1)NC(=O)c1ccccc1. The molecule has 6 heteroatoms. The Morgan fingerprint density at radius 1 is 0.900 bits per heavy atom. The number of rotatable bonds is 5. The third-order valence-electron chi connectivity index (χ3n) is 4.52. The van der Waals surface area contributed by atoms with Gasteiger partial charge in [0.15, 0.2) is 0 Å². The monoisotopic (exact) mass is 459 g/mol. The number of nitrogens with one attached hydrogen (secondary N) is 3. The summed E-state index contributed by atoms with van der Waals surface area (Å²) in [5.74, 6) is -0.762. The lowest BCUT2D eigenvalue weighted by Crippen LogP contribution is -2.30. The highest BCUT2D eigenvalue weighted by Gasteiger charge is 2.15. The van der Waals surface area contributed by atoms with Gasteiger partial charge in [-0.3, -0.25) is 9.59 Å². The quantitative estimate of drug-likeness (QED) is 0.352. The number of carbonyl (C=O) groups is 2. The summed E-state index contributed by atoms with van der Waals surface area (Å²) in [5, 5.41) is 6.65. The number of hydrogen-bond acceptors (Lipinski definition) is 2. The van der Waals surface area contributed by atoms with Crippen LogP contribution >= 0.6 is 15.9 Å². The first kappa shape index (κ1) is 19.7. The Labute approximate surface area is 181 Å². The highest BCUT2D eigenvalue weighted by molar-refractivity contribution is 9.10. The van der Waals surface area contributed by atoms with Gasteiger partial charge < -0.3 is 15.6 Å². The Balaban J connectivity index is 1.61. The average Bonchev–Trinajstić information content (AvgIpc) is 3.23. The molecule has 0 saturated carbocycles. The molecule has 4 rings (SSSR count). The molecule has 0 radical (unpaired) electrons. The maximum absolute atomic E-state index is 13.0. The van der Waals surface area contributed by atoms with Gasteiger partial charge in [-0.2, -0.15) is 0 Å². The minimum atomic E-state index is -0.409. The van der Waals surface area contributed by atoms with Gasteiger partial charge in [0, 0.05) is 27.4 Å². The molecule has 0 saturated heterocycles. The van der Waals surface area contributed by atoms with E-state index in [1.54, 1.807) is 30.3 Å². The second-order valence-electron chi connectivity index (χ2n) is 6.66. The normalized spacial score (nSPS) is 11.3. The predicted molar refractivity (Wildman–Crippen MR) is 123 cm³/mol. The van der Waals surface area contributed by atoms with Gasteiger partial charge >= 0.3 is 0 Å². The molecule has 0 unspecified atom stereocenters. The third kappa shape index (κ3) is 4.67. The molecule has 0 aliphatic carbocycles. The zero-order valence-corrected chi connectivity index (χ0v) is 17.4. The number of benzene rings is 3. The fourth-order valence-electron chi connectivity index (χ4n) is 2.99. The Hall–Kier alpha value is -3.64. The number of aromatic nitrogens is 1. The van der Waals surface area contributed by atoms with Crippen LogP contribution in [0.25, 0.3) is 17.0 Å². The summed E-state index contributed by atoms with van der Waals surface area (Å²) < 4.78 is 0.929. The number of carbonyl (C=O) groups excluding carboxylic acids is 2. The maximum atomic E-state index is 13.0. The Bertz CT molecular complexity index is 1230. The molecule has 3 N–H and O–H groups in total. The molecule has 1 aromatic heterocycles. The summed E-state index contributed by atoms with van der Waals surface area (Å²) in [6.07, 6.45) is 3.49. The fourth-order valence-corrected chi connectivity index (χ4v) is 3.26. The largest absolute Gasteiger partial charge is 0.361 e. The molecule has 0 aliphatic heterocycles. The van der Waals surface area contributed by atoms with Crippen molar-refractivity contribution in [3.63, 3.8) is 0 Å².